The summed E-state index contributed by atoms with van der Waals surface area (Å²) in [5, 5.41) is 27.1. The van der Waals surface area contributed by atoms with Crippen molar-refractivity contribution in [2.24, 2.45) is 5.73 Å². The van der Waals surface area contributed by atoms with Crippen LogP contribution in [-0.4, -0.2) is 44.4 Å². The number of fused-ring (bicyclic) bond motifs is 1. The van der Waals surface area contributed by atoms with Crippen LogP contribution in [0.15, 0.2) is 30.5 Å². The highest BCUT2D eigenvalue weighted by molar-refractivity contribution is 5.84. The molecule has 0 aliphatic rings. The number of aliphatic carboxylic acids is 2. The van der Waals surface area contributed by atoms with Gasteiger partial charge in [-0.3, -0.25) is 9.59 Å². The van der Waals surface area contributed by atoms with Crippen molar-refractivity contribution in [3.63, 3.8) is 0 Å². The average Bonchev–Trinajstić information content (AvgIpc) is 2.98. The molecule has 2 unspecified atom stereocenters. The van der Waals surface area contributed by atoms with Crippen LogP contribution in [0.3, 0.4) is 0 Å². The monoisotopic (exact) mass is 364 g/mol. The molecule has 26 heavy (non-hydrogen) atoms. The summed E-state index contributed by atoms with van der Waals surface area (Å²) < 4.78 is 0. The van der Waals surface area contributed by atoms with Gasteiger partial charge in [0, 0.05) is 23.5 Å². The maximum absolute atomic E-state index is 10.6. The lowest BCUT2D eigenvalue weighted by molar-refractivity contribution is -0.140. The molecule has 2 atom stereocenters. The van der Waals surface area contributed by atoms with E-state index in [1.165, 1.54) is 0 Å². The summed E-state index contributed by atoms with van der Waals surface area (Å²) in [5.74, 6) is -1.89. The number of aromatic amines is 1. The number of unbranched alkanes of at least 4 members (excludes halogenated alkanes) is 2. The molecule has 6 N–H and O–H groups in total. The SMILES string of the molecule is CCCCCC(O)CC(=O)O.NC(Cc1c[nH]c2ccccc12)C(=O)O. The van der Waals surface area contributed by atoms with Crippen LogP contribution in [0.2, 0.25) is 0 Å². The number of aliphatic hydroxyl groups is 1. The van der Waals surface area contributed by atoms with E-state index >= 15 is 0 Å². The van der Waals surface area contributed by atoms with E-state index in [0.717, 1.165) is 35.7 Å². The highest BCUT2D eigenvalue weighted by atomic mass is 16.4. The predicted molar refractivity (Wildman–Crippen MR) is 100 cm³/mol. The second-order valence-electron chi connectivity index (χ2n) is 6.26. The maximum atomic E-state index is 10.6. The molecule has 0 aliphatic carbocycles. The lowest BCUT2D eigenvalue weighted by Crippen LogP contribution is -2.32. The fourth-order valence-corrected chi connectivity index (χ4v) is 2.56. The van der Waals surface area contributed by atoms with E-state index in [0.29, 0.717) is 12.8 Å². The Hall–Kier alpha value is -2.38. The third-order valence-electron chi connectivity index (χ3n) is 3.98. The molecule has 144 valence electrons. The van der Waals surface area contributed by atoms with Crippen LogP contribution in [0.5, 0.6) is 0 Å². The van der Waals surface area contributed by atoms with E-state index in [1.54, 1.807) is 0 Å². The molecular weight excluding hydrogens is 336 g/mol. The summed E-state index contributed by atoms with van der Waals surface area (Å²) in [7, 11) is 0. The minimum Gasteiger partial charge on any atom is -0.481 e. The van der Waals surface area contributed by atoms with Gasteiger partial charge in [-0.05, 0) is 18.1 Å². The molecule has 0 spiro atoms. The number of aromatic nitrogens is 1. The third kappa shape index (κ3) is 7.67. The second-order valence-corrected chi connectivity index (χ2v) is 6.26. The quantitative estimate of drug-likeness (QED) is 0.434. The van der Waals surface area contributed by atoms with Gasteiger partial charge < -0.3 is 26.0 Å². The Balaban J connectivity index is 0.000000276. The van der Waals surface area contributed by atoms with Crippen molar-refractivity contribution in [1.29, 1.82) is 0 Å². The fraction of sp³-hybridized carbons (Fsp3) is 0.474. The Kier molecular flexibility index (Phi) is 9.40. The number of H-pyrrole nitrogens is 1. The number of nitrogens with two attached hydrogens (primary N) is 1. The number of rotatable bonds is 9. The Morgan fingerprint density at radius 2 is 1.88 bits per heavy atom. The maximum Gasteiger partial charge on any atom is 0.320 e. The first-order chi connectivity index (χ1) is 12.3. The number of benzene rings is 1. The highest BCUT2D eigenvalue weighted by Gasteiger charge is 2.14. The Morgan fingerprint density at radius 3 is 2.50 bits per heavy atom. The van der Waals surface area contributed by atoms with Crippen molar-refractivity contribution in [2.45, 2.75) is 57.6 Å². The molecule has 1 heterocycles. The van der Waals surface area contributed by atoms with Gasteiger partial charge in [-0.25, -0.2) is 0 Å². The minimum atomic E-state index is -0.972. The lowest BCUT2D eigenvalue weighted by Gasteiger charge is -2.05. The molecule has 2 aromatic rings. The van der Waals surface area contributed by atoms with Gasteiger partial charge in [0.15, 0.2) is 0 Å². The molecule has 0 bridgehead atoms. The summed E-state index contributed by atoms with van der Waals surface area (Å²) >= 11 is 0. The number of carboxylic acids is 2. The van der Waals surface area contributed by atoms with Gasteiger partial charge in [0.2, 0.25) is 0 Å². The van der Waals surface area contributed by atoms with Gasteiger partial charge in [-0.2, -0.15) is 0 Å². The van der Waals surface area contributed by atoms with Crippen LogP contribution in [0.25, 0.3) is 10.9 Å². The van der Waals surface area contributed by atoms with Crippen LogP contribution in [-0.2, 0) is 16.0 Å². The number of hydrogen-bond acceptors (Lipinski definition) is 4. The van der Waals surface area contributed by atoms with Crippen LogP contribution in [0.4, 0.5) is 0 Å². The van der Waals surface area contributed by atoms with Crippen molar-refractivity contribution >= 4 is 22.8 Å². The van der Waals surface area contributed by atoms with Gasteiger partial charge >= 0.3 is 11.9 Å². The van der Waals surface area contributed by atoms with Gasteiger partial charge in [0.25, 0.3) is 0 Å². The summed E-state index contributed by atoms with van der Waals surface area (Å²) in [5.41, 5.74) is 7.43. The molecule has 7 nitrogen and oxygen atoms in total. The van der Waals surface area contributed by atoms with Crippen molar-refractivity contribution in [1.82, 2.24) is 4.98 Å². The second kappa shape index (κ2) is 11.3. The molecule has 0 radical (unpaired) electrons. The van der Waals surface area contributed by atoms with E-state index in [2.05, 4.69) is 11.9 Å². The van der Waals surface area contributed by atoms with Gasteiger partial charge in [-0.1, -0.05) is 44.4 Å². The Bertz CT molecular complexity index is 698. The predicted octanol–water partition coefficient (Wildman–Crippen LogP) is 2.52. The Morgan fingerprint density at radius 1 is 1.19 bits per heavy atom. The minimum absolute atomic E-state index is 0.121. The number of carboxylic acid groups (broad SMARTS) is 2. The van der Waals surface area contributed by atoms with E-state index < -0.39 is 24.1 Å². The van der Waals surface area contributed by atoms with Crippen molar-refractivity contribution in [2.75, 3.05) is 0 Å². The molecule has 1 aromatic carbocycles. The topological polar surface area (TPSA) is 137 Å². The zero-order valence-electron chi connectivity index (χ0n) is 15.0. The summed E-state index contributed by atoms with van der Waals surface area (Å²) in [6.07, 6.45) is 5.08. The van der Waals surface area contributed by atoms with Gasteiger partial charge in [0.05, 0.1) is 12.5 Å². The van der Waals surface area contributed by atoms with E-state index in [-0.39, 0.29) is 6.42 Å². The lowest BCUT2D eigenvalue weighted by atomic mass is 10.1. The number of nitrogens with one attached hydrogen (secondary N) is 1. The molecular formula is C19H28N2O5. The van der Waals surface area contributed by atoms with Crippen LogP contribution < -0.4 is 5.73 Å². The normalized spacial score (nSPS) is 12.9. The highest BCUT2D eigenvalue weighted by Crippen LogP contribution is 2.18. The number of carbonyl (C=O) groups is 2. The molecule has 0 saturated heterocycles. The van der Waals surface area contributed by atoms with Crippen LogP contribution >= 0.6 is 0 Å². The molecule has 0 saturated carbocycles. The van der Waals surface area contributed by atoms with Crippen LogP contribution in [0, 0.1) is 0 Å². The van der Waals surface area contributed by atoms with E-state index in [1.807, 2.05) is 30.5 Å². The number of aliphatic hydroxyl groups excluding tert-OH is 1. The first kappa shape index (κ1) is 21.7. The summed E-state index contributed by atoms with van der Waals surface area (Å²) in [4.78, 5) is 23.8. The molecule has 0 amide bonds. The molecule has 0 fully saturated rings. The standard InChI is InChI=1S/C11H12N2O2.C8H16O3/c12-9(11(14)15)5-7-6-13-10-4-2-1-3-8(7)10;1-2-3-4-5-7(9)6-8(10)11/h1-4,6,9,13H,5,12H2,(H,14,15);7,9H,2-6H2,1H3,(H,10,11). The smallest absolute Gasteiger partial charge is 0.320 e. The molecule has 0 aliphatic heterocycles. The third-order valence-corrected chi connectivity index (χ3v) is 3.98. The van der Waals surface area contributed by atoms with Gasteiger partial charge in [-0.15, -0.1) is 0 Å². The molecule has 2 rings (SSSR count). The summed E-state index contributed by atoms with van der Waals surface area (Å²) in [6.45, 7) is 2.07. The largest absolute Gasteiger partial charge is 0.481 e. The van der Waals surface area contributed by atoms with Gasteiger partial charge in [0.1, 0.15) is 6.04 Å². The van der Waals surface area contributed by atoms with Crippen molar-refractivity contribution in [3.8, 4) is 0 Å². The van der Waals surface area contributed by atoms with Crippen LogP contribution in [0.1, 0.15) is 44.6 Å². The van der Waals surface area contributed by atoms with E-state index in [9.17, 15) is 9.59 Å². The van der Waals surface area contributed by atoms with Crippen molar-refractivity contribution < 1.29 is 24.9 Å². The first-order valence-electron chi connectivity index (χ1n) is 8.78. The van der Waals surface area contributed by atoms with E-state index in [4.69, 9.17) is 21.1 Å². The Labute approximate surface area is 152 Å². The zero-order valence-corrected chi connectivity index (χ0v) is 15.0. The summed E-state index contributed by atoms with van der Waals surface area (Å²) in [6, 6.07) is 6.91. The molecule has 7 heteroatoms. The number of para-hydroxylation sites is 1. The average molecular weight is 364 g/mol. The zero-order chi connectivity index (χ0) is 19.5. The fourth-order valence-electron chi connectivity index (χ4n) is 2.56. The number of hydrogen-bond donors (Lipinski definition) is 5. The van der Waals surface area contributed by atoms with Crippen molar-refractivity contribution in [3.05, 3.63) is 36.0 Å². The molecule has 1 aromatic heterocycles. The first-order valence-corrected chi connectivity index (χ1v) is 8.78.